The molecule has 0 aliphatic rings. The summed E-state index contributed by atoms with van der Waals surface area (Å²) in [6.07, 6.45) is 0.434. The summed E-state index contributed by atoms with van der Waals surface area (Å²) in [4.78, 5) is 22.2. The zero-order valence-corrected chi connectivity index (χ0v) is 9.76. The summed E-state index contributed by atoms with van der Waals surface area (Å²) >= 11 is 0. The Morgan fingerprint density at radius 2 is 1.94 bits per heavy atom. The Bertz CT molecular complexity index is 413. The third-order valence-corrected chi connectivity index (χ3v) is 2.15. The number of anilines is 2. The van der Waals surface area contributed by atoms with Gasteiger partial charge in [0.15, 0.2) is 0 Å². The lowest BCUT2D eigenvalue weighted by atomic mass is 10.1. The molecule has 16 heavy (non-hydrogen) atoms. The van der Waals surface area contributed by atoms with E-state index >= 15 is 0 Å². The molecule has 2 amide bonds. The molecular weight excluding hydrogens is 204 g/mol. The van der Waals surface area contributed by atoms with E-state index in [1.807, 2.05) is 19.1 Å². The van der Waals surface area contributed by atoms with Crippen molar-refractivity contribution in [1.29, 1.82) is 0 Å². The van der Waals surface area contributed by atoms with Crippen molar-refractivity contribution >= 4 is 23.2 Å². The molecule has 0 atom stereocenters. The van der Waals surface area contributed by atoms with Crippen molar-refractivity contribution in [2.75, 3.05) is 10.6 Å². The maximum atomic E-state index is 11.2. The lowest BCUT2D eigenvalue weighted by Crippen LogP contribution is -2.11. The Kier molecular flexibility index (Phi) is 4.05. The molecule has 1 rings (SSSR count). The first kappa shape index (κ1) is 12.2. The van der Waals surface area contributed by atoms with Gasteiger partial charge in [-0.1, -0.05) is 13.0 Å². The second-order valence-corrected chi connectivity index (χ2v) is 3.61. The van der Waals surface area contributed by atoms with Gasteiger partial charge in [0.2, 0.25) is 11.8 Å². The van der Waals surface area contributed by atoms with Crippen LogP contribution in [0.25, 0.3) is 0 Å². The van der Waals surface area contributed by atoms with Crippen molar-refractivity contribution in [3.63, 3.8) is 0 Å². The van der Waals surface area contributed by atoms with E-state index in [0.717, 1.165) is 11.3 Å². The normalized spacial score (nSPS) is 9.69. The lowest BCUT2D eigenvalue weighted by Gasteiger charge is -2.09. The Balaban J connectivity index is 2.88. The van der Waals surface area contributed by atoms with Crippen molar-refractivity contribution < 1.29 is 9.59 Å². The number of carbonyl (C=O) groups is 2. The topological polar surface area (TPSA) is 58.2 Å². The first-order valence-electron chi connectivity index (χ1n) is 5.21. The summed E-state index contributed by atoms with van der Waals surface area (Å²) in [6, 6.07) is 5.43. The number of rotatable bonds is 3. The van der Waals surface area contributed by atoms with Gasteiger partial charge in [-0.2, -0.15) is 0 Å². The molecule has 0 aromatic heterocycles. The summed E-state index contributed by atoms with van der Waals surface area (Å²) in [6.45, 7) is 5.14. The molecular formula is C12H16N2O2. The number of amides is 2. The van der Waals surface area contributed by atoms with Crippen LogP contribution in [0, 0.1) is 6.92 Å². The predicted molar refractivity (Wildman–Crippen MR) is 64.4 cm³/mol. The van der Waals surface area contributed by atoms with Crippen molar-refractivity contribution in [2.24, 2.45) is 0 Å². The number of benzene rings is 1. The highest BCUT2D eigenvalue weighted by Gasteiger charge is 2.04. The molecule has 0 heterocycles. The van der Waals surface area contributed by atoms with E-state index in [0.29, 0.717) is 12.1 Å². The highest BCUT2D eigenvalue weighted by atomic mass is 16.2. The van der Waals surface area contributed by atoms with Crippen LogP contribution >= 0.6 is 0 Å². The van der Waals surface area contributed by atoms with Crippen LogP contribution in [0.4, 0.5) is 11.4 Å². The average Bonchev–Trinajstić information content (AvgIpc) is 2.22. The molecule has 1 aromatic carbocycles. The molecule has 4 heteroatoms. The monoisotopic (exact) mass is 220 g/mol. The Hall–Kier alpha value is -1.84. The van der Waals surface area contributed by atoms with Gasteiger partial charge in [0.1, 0.15) is 0 Å². The van der Waals surface area contributed by atoms with Crippen LogP contribution in [-0.4, -0.2) is 11.8 Å². The number of nitrogens with one attached hydrogen (secondary N) is 2. The zero-order valence-electron chi connectivity index (χ0n) is 9.76. The van der Waals surface area contributed by atoms with Gasteiger partial charge < -0.3 is 10.6 Å². The molecule has 0 saturated heterocycles. The molecule has 0 saturated carbocycles. The van der Waals surface area contributed by atoms with Crippen LogP contribution in [0.1, 0.15) is 25.8 Å². The lowest BCUT2D eigenvalue weighted by molar-refractivity contribution is -0.116. The Morgan fingerprint density at radius 1 is 1.25 bits per heavy atom. The number of hydrogen-bond acceptors (Lipinski definition) is 2. The minimum Gasteiger partial charge on any atom is -0.326 e. The predicted octanol–water partition coefficient (Wildman–Crippen LogP) is 2.30. The minimum atomic E-state index is -0.123. The minimum absolute atomic E-state index is 0.0439. The molecule has 0 radical (unpaired) electrons. The molecule has 0 bridgehead atoms. The van der Waals surface area contributed by atoms with Crippen molar-refractivity contribution in [2.45, 2.75) is 27.2 Å². The van der Waals surface area contributed by atoms with Gasteiger partial charge in [0, 0.05) is 24.7 Å². The Labute approximate surface area is 95.0 Å². The van der Waals surface area contributed by atoms with Crippen LogP contribution in [0.15, 0.2) is 18.2 Å². The van der Waals surface area contributed by atoms with E-state index in [1.54, 1.807) is 13.0 Å². The smallest absolute Gasteiger partial charge is 0.224 e. The molecule has 86 valence electrons. The number of aryl methyl sites for hydroxylation is 1. The van der Waals surface area contributed by atoms with Gasteiger partial charge in [0.25, 0.3) is 0 Å². The van der Waals surface area contributed by atoms with Gasteiger partial charge in [-0.05, 0) is 24.6 Å². The van der Waals surface area contributed by atoms with Gasteiger partial charge in [-0.3, -0.25) is 9.59 Å². The third kappa shape index (κ3) is 3.38. The summed E-state index contributed by atoms with van der Waals surface area (Å²) in [5.74, 6) is -0.167. The summed E-state index contributed by atoms with van der Waals surface area (Å²) in [5, 5.41) is 5.46. The van der Waals surface area contributed by atoms with E-state index in [4.69, 9.17) is 0 Å². The maximum absolute atomic E-state index is 11.2. The summed E-state index contributed by atoms with van der Waals surface area (Å²) in [7, 11) is 0. The van der Waals surface area contributed by atoms with E-state index in [-0.39, 0.29) is 11.8 Å². The molecule has 0 fully saturated rings. The standard InChI is InChI=1S/C12H16N2O2/c1-4-12(16)14-10-6-5-8(2)11(7-10)13-9(3)15/h5-7H,4H2,1-3H3,(H,13,15)(H,14,16). The molecule has 1 aromatic rings. The number of carbonyl (C=O) groups excluding carboxylic acids is 2. The molecule has 0 spiro atoms. The number of hydrogen-bond donors (Lipinski definition) is 2. The summed E-state index contributed by atoms with van der Waals surface area (Å²) < 4.78 is 0. The van der Waals surface area contributed by atoms with E-state index < -0.39 is 0 Å². The highest BCUT2D eigenvalue weighted by Crippen LogP contribution is 2.20. The third-order valence-electron chi connectivity index (χ3n) is 2.15. The largest absolute Gasteiger partial charge is 0.326 e. The fourth-order valence-electron chi connectivity index (χ4n) is 1.27. The second-order valence-electron chi connectivity index (χ2n) is 3.61. The summed E-state index contributed by atoms with van der Waals surface area (Å²) in [5.41, 5.74) is 2.38. The molecule has 0 aliphatic heterocycles. The van der Waals surface area contributed by atoms with Crippen LogP contribution < -0.4 is 10.6 Å². The first-order chi connectivity index (χ1) is 7.52. The molecule has 4 nitrogen and oxygen atoms in total. The molecule has 0 unspecified atom stereocenters. The van der Waals surface area contributed by atoms with E-state index in [1.165, 1.54) is 6.92 Å². The first-order valence-corrected chi connectivity index (χ1v) is 5.21. The molecule has 2 N–H and O–H groups in total. The van der Waals surface area contributed by atoms with Crippen molar-refractivity contribution in [3.05, 3.63) is 23.8 Å². The average molecular weight is 220 g/mol. The van der Waals surface area contributed by atoms with Crippen molar-refractivity contribution in [1.82, 2.24) is 0 Å². The maximum Gasteiger partial charge on any atom is 0.224 e. The molecule has 0 aliphatic carbocycles. The van der Waals surface area contributed by atoms with E-state index in [2.05, 4.69) is 10.6 Å². The second kappa shape index (κ2) is 5.30. The van der Waals surface area contributed by atoms with Gasteiger partial charge >= 0.3 is 0 Å². The highest BCUT2D eigenvalue weighted by molar-refractivity contribution is 5.93. The van der Waals surface area contributed by atoms with Gasteiger partial charge in [-0.15, -0.1) is 0 Å². The SMILES string of the molecule is CCC(=O)Nc1ccc(C)c(NC(C)=O)c1. The van der Waals surface area contributed by atoms with E-state index in [9.17, 15) is 9.59 Å². The fraction of sp³-hybridized carbons (Fsp3) is 0.333. The van der Waals surface area contributed by atoms with Crippen LogP contribution in [0.3, 0.4) is 0 Å². The van der Waals surface area contributed by atoms with Crippen LogP contribution in [0.2, 0.25) is 0 Å². The van der Waals surface area contributed by atoms with Gasteiger partial charge in [0.05, 0.1) is 0 Å². The quantitative estimate of drug-likeness (QED) is 0.821. The zero-order chi connectivity index (χ0) is 12.1. The fourth-order valence-corrected chi connectivity index (χ4v) is 1.27. The Morgan fingerprint density at radius 3 is 2.50 bits per heavy atom. The van der Waals surface area contributed by atoms with Crippen LogP contribution in [0.5, 0.6) is 0 Å². The van der Waals surface area contributed by atoms with Crippen molar-refractivity contribution in [3.8, 4) is 0 Å². The van der Waals surface area contributed by atoms with Crippen LogP contribution in [-0.2, 0) is 9.59 Å². The van der Waals surface area contributed by atoms with Gasteiger partial charge in [-0.25, -0.2) is 0 Å².